The van der Waals surface area contributed by atoms with E-state index in [1.807, 2.05) is 6.92 Å². The van der Waals surface area contributed by atoms with Crippen LogP contribution in [-0.2, 0) is 8.85 Å². The Kier molecular flexibility index (Phi) is 11.5. The molecule has 0 atom stereocenters. The highest BCUT2D eigenvalue weighted by molar-refractivity contribution is 6.48. The molecule has 0 saturated heterocycles. The van der Waals surface area contributed by atoms with Crippen molar-refractivity contribution in [3.05, 3.63) is 0 Å². The van der Waals surface area contributed by atoms with Crippen LogP contribution in [0.25, 0.3) is 0 Å². The summed E-state index contributed by atoms with van der Waals surface area (Å²) in [5.74, 6) is 0. The molecule has 0 saturated carbocycles. The second kappa shape index (κ2) is 10.1. The quantitative estimate of drug-likeness (QED) is 0.235. The van der Waals surface area contributed by atoms with Crippen molar-refractivity contribution in [1.29, 1.82) is 0 Å². The molecule has 0 aliphatic carbocycles. The summed E-state index contributed by atoms with van der Waals surface area (Å²) in [7, 11) is -8.37. The van der Waals surface area contributed by atoms with Crippen LogP contribution in [0.15, 0.2) is 0 Å². The molecule has 10 heteroatoms. The highest BCUT2D eigenvalue weighted by Gasteiger charge is 2.30. The molecule has 8 nitrogen and oxygen atoms in total. The summed E-state index contributed by atoms with van der Waals surface area (Å²) in [5, 5.41) is 0. The zero-order chi connectivity index (χ0) is 13.9. The average molecular weight is 290 g/mol. The molecule has 0 bridgehead atoms. The second-order valence-electron chi connectivity index (χ2n) is 3.20. The van der Waals surface area contributed by atoms with Gasteiger partial charge < -0.3 is 37.6 Å². The van der Waals surface area contributed by atoms with E-state index in [0.29, 0.717) is 6.42 Å². The van der Waals surface area contributed by atoms with Crippen molar-refractivity contribution in [2.24, 2.45) is 0 Å². The second-order valence-corrected chi connectivity index (χ2v) is 6.07. The van der Waals surface area contributed by atoms with E-state index in [4.69, 9.17) is 28.8 Å². The minimum atomic E-state index is -4.19. The van der Waals surface area contributed by atoms with E-state index >= 15 is 0 Å². The maximum atomic E-state index is 8.27. The van der Waals surface area contributed by atoms with Crippen LogP contribution in [0.5, 0.6) is 0 Å². The molecular weight excluding hydrogens is 268 g/mol. The van der Waals surface area contributed by atoms with Crippen molar-refractivity contribution < 1.29 is 37.6 Å². The summed E-state index contributed by atoms with van der Waals surface area (Å²) in [4.78, 5) is 49.3. The molecule has 17 heavy (non-hydrogen) atoms. The Bertz CT molecular complexity index is 166. The van der Waals surface area contributed by atoms with Crippen molar-refractivity contribution in [1.82, 2.24) is 0 Å². The van der Waals surface area contributed by atoms with Crippen LogP contribution >= 0.6 is 0 Å². The lowest BCUT2D eigenvalue weighted by Crippen LogP contribution is -2.39. The van der Waals surface area contributed by atoms with Gasteiger partial charge in [0, 0.05) is 13.2 Å². The standard InChI is InChI=1S/C4H12O4Si.C3H10O4Si/c1-2-3-4-8-9(5,6)7;1-2-3-7-8(4,5)6/h5-7H,2-4H2,1H3;4-6H,2-3H2,1H3. The van der Waals surface area contributed by atoms with E-state index in [1.54, 1.807) is 6.92 Å². The van der Waals surface area contributed by atoms with E-state index in [0.717, 1.165) is 12.8 Å². The summed E-state index contributed by atoms with van der Waals surface area (Å²) in [6.45, 7) is 4.15. The third kappa shape index (κ3) is 26.0. The average Bonchev–Trinajstić information content (AvgIpc) is 2.13. The van der Waals surface area contributed by atoms with Gasteiger partial charge in [-0.05, 0) is 12.8 Å². The van der Waals surface area contributed by atoms with Gasteiger partial charge in [0.15, 0.2) is 0 Å². The first-order valence-electron chi connectivity index (χ1n) is 5.24. The highest BCUT2D eigenvalue weighted by Crippen LogP contribution is 1.93. The van der Waals surface area contributed by atoms with Crippen molar-refractivity contribution in [2.45, 2.75) is 33.1 Å². The van der Waals surface area contributed by atoms with Gasteiger partial charge in [-0.3, -0.25) is 0 Å². The number of unbranched alkanes of at least 4 members (excludes halogenated alkanes) is 1. The summed E-state index contributed by atoms with van der Waals surface area (Å²) in [5.41, 5.74) is 0. The first kappa shape index (κ1) is 19.5. The van der Waals surface area contributed by atoms with Crippen LogP contribution in [0.2, 0.25) is 0 Å². The first-order chi connectivity index (χ1) is 7.62. The lowest BCUT2D eigenvalue weighted by atomic mass is 10.4. The molecule has 0 aromatic heterocycles. The van der Waals surface area contributed by atoms with E-state index in [1.165, 1.54) is 0 Å². The topological polar surface area (TPSA) is 140 Å². The molecule has 0 fully saturated rings. The molecule has 0 rings (SSSR count). The van der Waals surface area contributed by atoms with Gasteiger partial charge in [-0.25, -0.2) is 0 Å². The first-order valence-corrected chi connectivity index (χ1v) is 8.74. The molecule has 0 aliphatic rings. The Morgan fingerprint density at radius 2 is 1.12 bits per heavy atom. The van der Waals surface area contributed by atoms with Crippen LogP contribution in [0.1, 0.15) is 33.1 Å². The summed E-state index contributed by atoms with van der Waals surface area (Å²) in [6, 6.07) is 0. The summed E-state index contributed by atoms with van der Waals surface area (Å²) >= 11 is 0. The fraction of sp³-hybridized carbons (Fsp3) is 1.00. The smallest absolute Gasteiger partial charge is 0.368 e. The van der Waals surface area contributed by atoms with Crippen LogP contribution in [0, 0.1) is 0 Å². The van der Waals surface area contributed by atoms with Gasteiger partial charge in [-0.2, -0.15) is 0 Å². The van der Waals surface area contributed by atoms with Crippen molar-refractivity contribution in [3.63, 3.8) is 0 Å². The molecule has 0 aliphatic heterocycles. The minimum absolute atomic E-state index is 0.190. The van der Waals surface area contributed by atoms with Gasteiger partial charge in [0.25, 0.3) is 0 Å². The van der Waals surface area contributed by atoms with Gasteiger partial charge in [0.05, 0.1) is 0 Å². The Morgan fingerprint density at radius 1 is 0.706 bits per heavy atom. The van der Waals surface area contributed by atoms with Crippen LogP contribution in [-0.4, -0.2) is 60.1 Å². The number of hydrogen-bond acceptors (Lipinski definition) is 8. The van der Waals surface area contributed by atoms with Crippen LogP contribution in [0.4, 0.5) is 0 Å². The van der Waals surface area contributed by atoms with E-state index in [-0.39, 0.29) is 13.2 Å². The van der Waals surface area contributed by atoms with Crippen molar-refractivity contribution >= 4 is 18.1 Å². The Labute approximate surface area is 103 Å². The largest absolute Gasteiger partial charge is 0.671 e. The maximum Gasteiger partial charge on any atom is 0.671 e. The highest BCUT2D eigenvalue weighted by atomic mass is 28.4. The number of rotatable bonds is 7. The van der Waals surface area contributed by atoms with Gasteiger partial charge in [0.2, 0.25) is 0 Å². The van der Waals surface area contributed by atoms with Crippen LogP contribution < -0.4 is 0 Å². The zero-order valence-corrected chi connectivity index (χ0v) is 12.0. The van der Waals surface area contributed by atoms with E-state index in [9.17, 15) is 0 Å². The van der Waals surface area contributed by atoms with E-state index < -0.39 is 18.1 Å². The van der Waals surface area contributed by atoms with Crippen molar-refractivity contribution in [2.75, 3.05) is 13.2 Å². The lowest BCUT2D eigenvalue weighted by Gasteiger charge is -2.07. The number of hydrogen-bond donors (Lipinski definition) is 6. The SMILES string of the molecule is CCCCO[Si](O)(O)O.CCCO[Si](O)(O)O. The Morgan fingerprint density at radius 3 is 1.35 bits per heavy atom. The molecule has 0 spiro atoms. The predicted octanol–water partition coefficient (Wildman–Crippen LogP) is -1.96. The Balaban J connectivity index is 0. The summed E-state index contributed by atoms with van der Waals surface area (Å²) in [6.07, 6.45) is 2.30. The molecule has 0 heterocycles. The molecule has 0 aromatic rings. The molecule has 0 radical (unpaired) electrons. The fourth-order valence-corrected chi connectivity index (χ4v) is 1.49. The zero-order valence-electron chi connectivity index (χ0n) is 10.0. The normalized spacial score (nSPS) is 12.0. The fourth-order valence-electron chi connectivity index (χ4n) is 0.592. The van der Waals surface area contributed by atoms with E-state index in [2.05, 4.69) is 8.85 Å². The molecular formula is C7H22O8Si2. The lowest BCUT2D eigenvalue weighted by molar-refractivity contribution is 0.0611. The third-order valence-corrected chi connectivity index (χ3v) is 2.48. The molecule has 0 aromatic carbocycles. The van der Waals surface area contributed by atoms with Crippen LogP contribution in [0.3, 0.4) is 0 Å². The van der Waals surface area contributed by atoms with Gasteiger partial charge in [-0.1, -0.05) is 20.3 Å². The van der Waals surface area contributed by atoms with Gasteiger partial charge in [-0.15, -0.1) is 0 Å². The maximum absolute atomic E-state index is 8.27. The predicted molar refractivity (Wildman–Crippen MR) is 61.9 cm³/mol. The molecule has 0 amide bonds. The monoisotopic (exact) mass is 290 g/mol. The minimum Gasteiger partial charge on any atom is -0.368 e. The summed E-state index contributed by atoms with van der Waals surface area (Å²) < 4.78 is 8.46. The Hall–Kier alpha value is 0.114. The van der Waals surface area contributed by atoms with Gasteiger partial charge >= 0.3 is 18.1 Å². The molecule has 0 unspecified atom stereocenters. The van der Waals surface area contributed by atoms with Gasteiger partial charge in [0.1, 0.15) is 0 Å². The molecule has 106 valence electrons. The molecule has 6 N–H and O–H groups in total. The van der Waals surface area contributed by atoms with Crippen molar-refractivity contribution in [3.8, 4) is 0 Å². The third-order valence-electron chi connectivity index (χ3n) is 1.29.